The van der Waals surface area contributed by atoms with Gasteiger partial charge in [0.05, 0.1) is 12.6 Å². The molecule has 7 heteroatoms. The van der Waals surface area contributed by atoms with Crippen LogP contribution in [0.5, 0.6) is 0 Å². The molecule has 188 valence electrons. The smallest absolute Gasteiger partial charge is 0.261 e. The monoisotopic (exact) mass is 477 g/mol. The van der Waals surface area contributed by atoms with Gasteiger partial charge in [0.1, 0.15) is 11.6 Å². The van der Waals surface area contributed by atoms with Crippen molar-refractivity contribution in [3.8, 4) is 6.07 Å². The lowest BCUT2D eigenvalue weighted by Crippen LogP contribution is -2.47. The van der Waals surface area contributed by atoms with E-state index in [1.807, 2.05) is 19.9 Å². The van der Waals surface area contributed by atoms with Crippen LogP contribution in [0.15, 0.2) is 35.9 Å². The summed E-state index contributed by atoms with van der Waals surface area (Å²) in [7, 11) is 1.69. The van der Waals surface area contributed by atoms with Crippen molar-refractivity contribution in [1.29, 1.82) is 5.26 Å². The van der Waals surface area contributed by atoms with Crippen LogP contribution in [0.1, 0.15) is 41.9 Å². The van der Waals surface area contributed by atoms with Gasteiger partial charge in [-0.2, -0.15) is 5.26 Å². The Morgan fingerprint density at radius 1 is 1.20 bits per heavy atom. The number of carbonyl (C=O) groups excluding carboxylic acids is 1. The molecule has 1 atom stereocenters. The first kappa shape index (κ1) is 26.5. The minimum absolute atomic E-state index is 0.136. The van der Waals surface area contributed by atoms with E-state index in [-0.39, 0.29) is 17.5 Å². The lowest BCUT2D eigenvalue weighted by molar-refractivity contribution is -0.117. The topological polar surface area (TPSA) is 73.5 Å². The first-order valence-electron chi connectivity index (χ1n) is 12.5. The van der Waals surface area contributed by atoms with Crippen molar-refractivity contribution in [3.05, 3.63) is 58.4 Å². The Bertz CT molecular complexity index is 1070. The van der Waals surface area contributed by atoms with Gasteiger partial charge in [0, 0.05) is 56.9 Å². The van der Waals surface area contributed by atoms with Crippen LogP contribution in [0.2, 0.25) is 0 Å². The number of aryl methyl sites for hydroxylation is 2. The van der Waals surface area contributed by atoms with Gasteiger partial charge in [0.2, 0.25) is 0 Å². The van der Waals surface area contributed by atoms with E-state index in [9.17, 15) is 10.1 Å². The van der Waals surface area contributed by atoms with E-state index in [4.69, 9.17) is 4.74 Å². The summed E-state index contributed by atoms with van der Waals surface area (Å²) >= 11 is 0. The minimum atomic E-state index is -0.313. The van der Waals surface area contributed by atoms with Crippen LogP contribution < -0.4 is 10.2 Å². The van der Waals surface area contributed by atoms with Crippen molar-refractivity contribution < 1.29 is 9.53 Å². The highest BCUT2D eigenvalue weighted by molar-refractivity contribution is 6.01. The Kier molecular flexibility index (Phi) is 9.53. The van der Waals surface area contributed by atoms with Crippen molar-refractivity contribution in [1.82, 2.24) is 14.8 Å². The summed E-state index contributed by atoms with van der Waals surface area (Å²) in [5.74, 6) is -0.313. The molecule has 0 bridgehead atoms. The number of nitrogens with one attached hydrogen (secondary N) is 1. The normalized spacial score (nSPS) is 15.7. The molecule has 1 aromatic carbocycles. The maximum Gasteiger partial charge on any atom is 0.261 e. The van der Waals surface area contributed by atoms with Crippen LogP contribution in [0.4, 0.5) is 5.69 Å². The second kappa shape index (κ2) is 12.6. The molecule has 1 saturated heterocycles. The third-order valence-corrected chi connectivity index (χ3v) is 6.71. The lowest BCUT2D eigenvalue weighted by atomic mass is 10.1. The van der Waals surface area contributed by atoms with Crippen LogP contribution in [-0.2, 0) is 9.53 Å². The largest absolute Gasteiger partial charge is 0.383 e. The van der Waals surface area contributed by atoms with Crippen LogP contribution in [-0.4, -0.2) is 68.4 Å². The van der Waals surface area contributed by atoms with Crippen molar-refractivity contribution >= 4 is 17.7 Å². The number of anilines is 1. The molecule has 0 radical (unpaired) electrons. The van der Waals surface area contributed by atoms with Crippen LogP contribution in [0.25, 0.3) is 6.08 Å². The Hall–Kier alpha value is -3.08. The zero-order chi connectivity index (χ0) is 25.4. The molecule has 2 heterocycles. The Balaban J connectivity index is 1.47. The van der Waals surface area contributed by atoms with E-state index in [2.05, 4.69) is 63.9 Å². The Morgan fingerprint density at radius 3 is 2.60 bits per heavy atom. The van der Waals surface area contributed by atoms with E-state index < -0.39 is 0 Å². The highest BCUT2D eigenvalue weighted by Crippen LogP contribution is 2.23. The number of amides is 1. The average Bonchev–Trinajstić information content (AvgIpc) is 3.13. The number of hydrogen-bond acceptors (Lipinski definition) is 5. The molecule has 1 fully saturated rings. The van der Waals surface area contributed by atoms with Gasteiger partial charge in [-0.05, 0) is 76.1 Å². The molecule has 1 unspecified atom stereocenters. The molecule has 3 rings (SSSR count). The predicted octanol–water partition coefficient (Wildman–Crippen LogP) is 3.86. The van der Waals surface area contributed by atoms with E-state index in [0.29, 0.717) is 13.2 Å². The van der Waals surface area contributed by atoms with Gasteiger partial charge in [-0.1, -0.05) is 12.1 Å². The predicted molar refractivity (Wildman–Crippen MR) is 142 cm³/mol. The number of piperazine rings is 1. The van der Waals surface area contributed by atoms with Crippen molar-refractivity contribution in [2.24, 2.45) is 0 Å². The van der Waals surface area contributed by atoms with E-state index in [1.165, 1.54) is 11.3 Å². The standard InChI is InChI=1S/C28H39N5O2/c1-21-8-6-9-27(16-21)32-14-12-31(13-15-32)11-7-10-30-28(34)26(19-29)18-25-17-22(2)33(24(25)4)23(3)20-35-5/h6,8-9,16-18,23H,7,10-15,20H2,1-5H3,(H,30,34)/b26-18+. The van der Waals surface area contributed by atoms with Crippen molar-refractivity contribution in [2.45, 2.75) is 40.2 Å². The molecule has 0 aliphatic carbocycles. The summed E-state index contributed by atoms with van der Waals surface area (Å²) < 4.78 is 7.47. The number of ether oxygens (including phenoxy) is 1. The number of nitrogens with zero attached hydrogens (tertiary/aromatic N) is 4. The van der Waals surface area contributed by atoms with Gasteiger partial charge in [-0.15, -0.1) is 0 Å². The highest BCUT2D eigenvalue weighted by Gasteiger charge is 2.18. The fourth-order valence-corrected chi connectivity index (χ4v) is 4.90. The molecule has 7 nitrogen and oxygen atoms in total. The molecule has 35 heavy (non-hydrogen) atoms. The van der Waals surface area contributed by atoms with Gasteiger partial charge in [0.25, 0.3) is 5.91 Å². The van der Waals surface area contributed by atoms with Crippen LogP contribution in [0, 0.1) is 32.1 Å². The fraction of sp³-hybridized carbons (Fsp3) is 0.500. The van der Waals surface area contributed by atoms with E-state index in [0.717, 1.165) is 56.1 Å². The second-order valence-electron chi connectivity index (χ2n) is 9.45. The summed E-state index contributed by atoms with van der Waals surface area (Å²) in [5.41, 5.74) is 5.72. The molecule has 1 N–H and O–H groups in total. The van der Waals surface area contributed by atoms with Crippen LogP contribution in [0.3, 0.4) is 0 Å². The van der Waals surface area contributed by atoms with Gasteiger partial charge < -0.3 is 19.5 Å². The quantitative estimate of drug-likeness (QED) is 0.320. The Morgan fingerprint density at radius 2 is 1.94 bits per heavy atom. The second-order valence-corrected chi connectivity index (χ2v) is 9.45. The molecule has 0 saturated carbocycles. The third-order valence-electron chi connectivity index (χ3n) is 6.71. The number of carbonyl (C=O) groups is 1. The highest BCUT2D eigenvalue weighted by atomic mass is 16.5. The van der Waals surface area contributed by atoms with Crippen molar-refractivity contribution in [3.63, 3.8) is 0 Å². The Labute approximate surface area is 210 Å². The average molecular weight is 478 g/mol. The molecular formula is C28H39N5O2. The van der Waals surface area contributed by atoms with E-state index in [1.54, 1.807) is 13.2 Å². The van der Waals surface area contributed by atoms with Gasteiger partial charge in [-0.3, -0.25) is 9.69 Å². The zero-order valence-corrected chi connectivity index (χ0v) is 21.8. The summed E-state index contributed by atoms with van der Waals surface area (Å²) in [6.07, 6.45) is 2.55. The van der Waals surface area contributed by atoms with Gasteiger partial charge >= 0.3 is 0 Å². The van der Waals surface area contributed by atoms with Gasteiger partial charge in [0.15, 0.2) is 0 Å². The number of rotatable bonds is 10. The first-order chi connectivity index (χ1) is 16.8. The SMILES string of the molecule is COCC(C)n1c(C)cc(/C=C(\C#N)C(=O)NCCCN2CCN(c3cccc(C)c3)CC2)c1C. The zero-order valence-electron chi connectivity index (χ0n) is 21.8. The number of nitriles is 1. The van der Waals surface area contributed by atoms with Crippen LogP contribution >= 0.6 is 0 Å². The summed E-state index contributed by atoms with van der Waals surface area (Å²) in [6, 6.07) is 12.9. The summed E-state index contributed by atoms with van der Waals surface area (Å²) in [5, 5.41) is 12.5. The maximum atomic E-state index is 12.6. The molecule has 1 amide bonds. The molecule has 1 aliphatic rings. The van der Waals surface area contributed by atoms with Crippen molar-refractivity contribution in [2.75, 3.05) is 57.9 Å². The lowest BCUT2D eigenvalue weighted by Gasteiger charge is -2.36. The number of aromatic nitrogens is 1. The number of methoxy groups -OCH3 is 1. The third kappa shape index (κ3) is 6.97. The fourth-order valence-electron chi connectivity index (χ4n) is 4.90. The number of benzene rings is 1. The summed E-state index contributed by atoms with van der Waals surface area (Å²) in [4.78, 5) is 17.5. The molecular weight excluding hydrogens is 438 g/mol. The maximum absolute atomic E-state index is 12.6. The first-order valence-corrected chi connectivity index (χ1v) is 12.5. The molecule has 1 aromatic heterocycles. The summed E-state index contributed by atoms with van der Waals surface area (Å²) in [6.45, 7) is 14.4. The minimum Gasteiger partial charge on any atom is -0.383 e. The molecule has 1 aliphatic heterocycles. The number of hydrogen-bond donors (Lipinski definition) is 1. The molecule has 0 spiro atoms. The van der Waals surface area contributed by atoms with Gasteiger partial charge in [-0.25, -0.2) is 0 Å². The van der Waals surface area contributed by atoms with E-state index >= 15 is 0 Å². The molecule has 2 aromatic rings.